The molecule has 1 aliphatic rings. The molecule has 1 unspecified atom stereocenters. The third-order valence-electron chi connectivity index (χ3n) is 6.94. The van der Waals surface area contributed by atoms with Crippen molar-refractivity contribution >= 4 is 44.4 Å². The maximum absolute atomic E-state index is 13.3. The van der Waals surface area contributed by atoms with Gasteiger partial charge in [0.15, 0.2) is 6.61 Å². The lowest BCUT2D eigenvalue weighted by molar-refractivity contribution is -0.119. The summed E-state index contributed by atoms with van der Waals surface area (Å²) >= 11 is 3.37. The van der Waals surface area contributed by atoms with E-state index in [-0.39, 0.29) is 17.9 Å². The fourth-order valence-electron chi connectivity index (χ4n) is 4.51. The van der Waals surface area contributed by atoms with Gasteiger partial charge in [-0.3, -0.25) is 9.78 Å². The Bertz CT molecular complexity index is 1190. The molecule has 1 N–H and O–H groups in total. The van der Waals surface area contributed by atoms with Crippen molar-refractivity contribution in [2.45, 2.75) is 46.5 Å². The van der Waals surface area contributed by atoms with Gasteiger partial charge in [-0.1, -0.05) is 61.3 Å². The summed E-state index contributed by atoms with van der Waals surface area (Å²) in [4.78, 5) is 30.6. The third-order valence-corrected chi connectivity index (χ3v) is 7.47. The summed E-state index contributed by atoms with van der Waals surface area (Å²) < 4.78 is 6.44. The predicted octanol–water partition coefficient (Wildman–Crippen LogP) is 6.33. The Kier molecular flexibility index (Phi) is 6.84. The van der Waals surface area contributed by atoms with E-state index >= 15 is 0 Å². The highest BCUT2D eigenvalue weighted by Crippen LogP contribution is 2.41. The van der Waals surface area contributed by atoms with Gasteiger partial charge in [0, 0.05) is 21.2 Å². The highest BCUT2D eigenvalue weighted by Gasteiger charge is 2.34. The van der Waals surface area contributed by atoms with Crippen LogP contribution in [0, 0.1) is 11.3 Å². The van der Waals surface area contributed by atoms with Crippen molar-refractivity contribution in [1.82, 2.24) is 4.98 Å². The normalized spacial score (nSPS) is 15.7. The number of ether oxygens (including phenoxy) is 1. The number of nitrogens with zero attached hydrogens (tertiary/aromatic N) is 1. The molecule has 0 saturated carbocycles. The molecule has 3 aromatic rings. The van der Waals surface area contributed by atoms with Gasteiger partial charge in [-0.2, -0.15) is 0 Å². The lowest BCUT2D eigenvalue weighted by atomic mass is 9.68. The smallest absolute Gasteiger partial charge is 0.339 e. The number of esters is 1. The molecule has 2 aromatic carbocycles. The van der Waals surface area contributed by atoms with Crippen molar-refractivity contribution in [2.24, 2.45) is 11.3 Å². The van der Waals surface area contributed by atoms with Crippen molar-refractivity contribution in [3.8, 4) is 0 Å². The van der Waals surface area contributed by atoms with Gasteiger partial charge in [0.25, 0.3) is 5.91 Å². The second kappa shape index (κ2) is 9.64. The highest BCUT2D eigenvalue weighted by atomic mass is 79.9. The zero-order chi connectivity index (χ0) is 23.6. The highest BCUT2D eigenvalue weighted by molar-refractivity contribution is 9.10. The fraction of sp³-hybridized carbons (Fsp3) is 0.370. The van der Waals surface area contributed by atoms with Crippen molar-refractivity contribution in [3.63, 3.8) is 0 Å². The van der Waals surface area contributed by atoms with Crippen LogP contribution in [0.2, 0.25) is 0 Å². The number of halogens is 1. The first-order valence-electron chi connectivity index (χ1n) is 11.4. The number of amides is 1. The molecule has 0 spiro atoms. The van der Waals surface area contributed by atoms with Crippen LogP contribution in [0.3, 0.4) is 0 Å². The topological polar surface area (TPSA) is 68.3 Å². The van der Waals surface area contributed by atoms with E-state index in [1.165, 1.54) is 0 Å². The zero-order valence-corrected chi connectivity index (χ0v) is 20.9. The van der Waals surface area contributed by atoms with Crippen LogP contribution in [0.15, 0.2) is 53.0 Å². The standard InChI is InChI=1S/C27H29BrN2O3/c1-4-27(2,3)17-9-14-23-21(15-17)25(20-7-5-6-8-22(20)30-23)26(32)33-16-24(31)29-19-12-10-18(28)11-13-19/h5-8,10-13,17H,4,9,14-16H2,1-3H3,(H,29,31). The van der Waals surface area contributed by atoms with Gasteiger partial charge in [0.1, 0.15) is 0 Å². The molecule has 4 rings (SSSR count). The first-order valence-corrected chi connectivity index (χ1v) is 12.2. The van der Waals surface area contributed by atoms with E-state index in [9.17, 15) is 9.59 Å². The summed E-state index contributed by atoms with van der Waals surface area (Å²) in [5.74, 6) is -0.376. The maximum atomic E-state index is 13.3. The van der Waals surface area contributed by atoms with E-state index in [1.54, 1.807) is 12.1 Å². The van der Waals surface area contributed by atoms with Gasteiger partial charge in [0.2, 0.25) is 0 Å². The van der Waals surface area contributed by atoms with Gasteiger partial charge in [0.05, 0.1) is 11.1 Å². The van der Waals surface area contributed by atoms with Crippen LogP contribution in [0.1, 0.15) is 55.2 Å². The Morgan fingerprint density at radius 1 is 1.15 bits per heavy atom. The second-order valence-electron chi connectivity index (χ2n) is 9.34. The Balaban J connectivity index is 1.59. The van der Waals surface area contributed by atoms with Crippen LogP contribution in [0.25, 0.3) is 10.9 Å². The Morgan fingerprint density at radius 2 is 1.88 bits per heavy atom. The number of hydrogen-bond donors (Lipinski definition) is 1. The van der Waals surface area contributed by atoms with E-state index in [0.29, 0.717) is 17.2 Å². The summed E-state index contributed by atoms with van der Waals surface area (Å²) in [6, 6.07) is 14.9. The Labute approximate surface area is 203 Å². The third kappa shape index (κ3) is 5.11. The molecule has 1 atom stereocenters. The first kappa shape index (κ1) is 23.4. The minimum Gasteiger partial charge on any atom is -0.452 e. The molecule has 6 heteroatoms. The molecule has 1 aromatic heterocycles. The number of hydrogen-bond acceptors (Lipinski definition) is 4. The van der Waals surface area contributed by atoms with Gasteiger partial charge in [-0.25, -0.2) is 4.79 Å². The Hall–Kier alpha value is -2.73. The van der Waals surface area contributed by atoms with Crippen LogP contribution >= 0.6 is 15.9 Å². The number of aromatic nitrogens is 1. The minimum absolute atomic E-state index is 0.176. The summed E-state index contributed by atoms with van der Waals surface area (Å²) in [7, 11) is 0. The fourth-order valence-corrected chi connectivity index (χ4v) is 4.78. The van der Waals surface area contributed by atoms with Crippen LogP contribution in [-0.4, -0.2) is 23.5 Å². The van der Waals surface area contributed by atoms with Crippen molar-refractivity contribution < 1.29 is 14.3 Å². The predicted molar refractivity (Wildman–Crippen MR) is 134 cm³/mol. The minimum atomic E-state index is -0.467. The lowest BCUT2D eigenvalue weighted by Crippen LogP contribution is -2.31. The molecular weight excluding hydrogens is 480 g/mol. The molecular formula is C27H29BrN2O3. The molecule has 1 amide bonds. The van der Waals surface area contributed by atoms with E-state index in [2.05, 4.69) is 42.0 Å². The van der Waals surface area contributed by atoms with Gasteiger partial charge in [-0.15, -0.1) is 0 Å². The van der Waals surface area contributed by atoms with Crippen LogP contribution in [0.5, 0.6) is 0 Å². The van der Waals surface area contributed by atoms with Gasteiger partial charge < -0.3 is 10.1 Å². The molecule has 1 aliphatic carbocycles. The number of aryl methyl sites for hydroxylation is 1. The molecule has 0 fully saturated rings. The average Bonchev–Trinajstić information content (AvgIpc) is 2.82. The molecule has 33 heavy (non-hydrogen) atoms. The van der Waals surface area contributed by atoms with Crippen LogP contribution in [0.4, 0.5) is 5.69 Å². The number of rotatable bonds is 6. The van der Waals surface area contributed by atoms with Gasteiger partial charge >= 0.3 is 5.97 Å². The van der Waals surface area contributed by atoms with Gasteiger partial charge in [-0.05, 0) is 66.5 Å². The second-order valence-corrected chi connectivity index (χ2v) is 10.3. The number of benzene rings is 2. The Morgan fingerprint density at radius 3 is 2.61 bits per heavy atom. The molecule has 0 aliphatic heterocycles. The van der Waals surface area contributed by atoms with E-state index in [0.717, 1.165) is 52.3 Å². The summed E-state index contributed by atoms with van der Waals surface area (Å²) in [6.45, 7) is 6.46. The largest absolute Gasteiger partial charge is 0.452 e. The number of carbonyl (C=O) groups is 2. The number of pyridine rings is 1. The maximum Gasteiger partial charge on any atom is 0.339 e. The average molecular weight is 509 g/mol. The number of para-hydroxylation sites is 1. The van der Waals surface area contributed by atoms with Crippen molar-refractivity contribution in [2.75, 3.05) is 11.9 Å². The quantitative estimate of drug-likeness (QED) is 0.394. The molecule has 1 heterocycles. The zero-order valence-electron chi connectivity index (χ0n) is 19.3. The summed E-state index contributed by atoms with van der Waals surface area (Å²) in [5.41, 5.74) is 4.12. The van der Waals surface area contributed by atoms with Crippen LogP contribution in [-0.2, 0) is 22.4 Å². The molecule has 5 nitrogen and oxygen atoms in total. The summed E-state index contributed by atoms with van der Waals surface area (Å²) in [5, 5.41) is 3.54. The number of nitrogens with one attached hydrogen (secondary N) is 1. The molecule has 172 valence electrons. The van der Waals surface area contributed by atoms with E-state index in [4.69, 9.17) is 9.72 Å². The molecule has 0 radical (unpaired) electrons. The number of anilines is 1. The SMILES string of the molecule is CCC(C)(C)C1CCc2nc3ccccc3c(C(=O)OCC(=O)Nc3ccc(Br)cc3)c2C1. The first-order chi connectivity index (χ1) is 15.8. The monoisotopic (exact) mass is 508 g/mol. The summed E-state index contributed by atoms with van der Waals surface area (Å²) in [6.07, 6.45) is 3.77. The number of carbonyl (C=O) groups excluding carboxylic acids is 2. The van der Waals surface area contributed by atoms with Crippen LogP contribution < -0.4 is 5.32 Å². The molecule has 0 bridgehead atoms. The van der Waals surface area contributed by atoms with E-state index in [1.807, 2.05) is 36.4 Å². The molecule has 0 saturated heterocycles. The van der Waals surface area contributed by atoms with Crippen molar-refractivity contribution in [1.29, 1.82) is 0 Å². The number of fused-ring (bicyclic) bond motifs is 2. The van der Waals surface area contributed by atoms with Crippen molar-refractivity contribution in [3.05, 3.63) is 69.8 Å². The van der Waals surface area contributed by atoms with E-state index < -0.39 is 5.97 Å². The lowest BCUT2D eigenvalue weighted by Gasteiger charge is -2.37.